The van der Waals surface area contributed by atoms with E-state index in [0.29, 0.717) is 11.5 Å². The minimum Gasteiger partial charge on any atom is -0.493 e. The first kappa shape index (κ1) is 11.9. The molecule has 0 aliphatic carbocycles. The molecule has 1 aromatic rings. The molecule has 2 rings (SSSR count). The maximum absolute atomic E-state index is 5.51. The number of anilines is 1. The lowest BCUT2D eigenvalue weighted by Crippen LogP contribution is -2.19. The first-order chi connectivity index (χ1) is 8.05. The third kappa shape index (κ3) is 1.68. The van der Waals surface area contributed by atoms with Crippen molar-refractivity contribution >= 4 is 5.69 Å². The summed E-state index contributed by atoms with van der Waals surface area (Å²) in [5.74, 6) is 2.11. The summed E-state index contributed by atoms with van der Waals surface area (Å²) >= 11 is 0. The molecule has 0 amide bonds. The van der Waals surface area contributed by atoms with Crippen LogP contribution in [0.3, 0.4) is 0 Å². The maximum Gasteiger partial charge on any atom is 0.203 e. The van der Waals surface area contributed by atoms with E-state index in [0.717, 1.165) is 23.5 Å². The lowest BCUT2D eigenvalue weighted by Gasteiger charge is -2.22. The van der Waals surface area contributed by atoms with Gasteiger partial charge in [-0.1, -0.05) is 13.8 Å². The van der Waals surface area contributed by atoms with Crippen molar-refractivity contribution in [1.82, 2.24) is 0 Å². The summed E-state index contributed by atoms with van der Waals surface area (Å²) in [7, 11) is 4.91. The summed E-state index contributed by atoms with van der Waals surface area (Å²) < 4.78 is 16.2. The topological polar surface area (TPSA) is 39.7 Å². The van der Waals surface area contributed by atoms with Crippen molar-refractivity contribution in [2.75, 3.05) is 33.2 Å². The van der Waals surface area contributed by atoms with Gasteiger partial charge in [-0.25, -0.2) is 0 Å². The minimum absolute atomic E-state index is 0.0280. The van der Waals surface area contributed by atoms with Crippen LogP contribution >= 0.6 is 0 Å². The number of rotatable bonds is 3. The predicted molar refractivity (Wildman–Crippen MR) is 67.6 cm³/mol. The molecule has 0 atom stereocenters. The third-order valence-corrected chi connectivity index (χ3v) is 3.23. The van der Waals surface area contributed by atoms with E-state index in [-0.39, 0.29) is 5.41 Å². The van der Waals surface area contributed by atoms with Crippen molar-refractivity contribution in [2.45, 2.75) is 19.3 Å². The Balaban J connectivity index is 2.71. The highest BCUT2D eigenvalue weighted by Crippen LogP contribution is 2.51. The van der Waals surface area contributed by atoms with E-state index in [1.807, 2.05) is 6.07 Å². The van der Waals surface area contributed by atoms with Crippen LogP contribution in [0.4, 0.5) is 5.69 Å². The van der Waals surface area contributed by atoms with Crippen molar-refractivity contribution in [1.29, 1.82) is 0 Å². The van der Waals surface area contributed by atoms with Gasteiger partial charge in [0.25, 0.3) is 0 Å². The lowest BCUT2D eigenvalue weighted by molar-refractivity contribution is 0.319. The fraction of sp³-hybridized carbons (Fsp3) is 0.538. The molecule has 0 unspecified atom stereocenters. The Bertz CT molecular complexity index is 441. The van der Waals surface area contributed by atoms with E-state index in [1.165, 1.54) is 0 Å². The highest BCUT2D eigenvalue weighted by Gasteiger charge is 2.36. The highest BCUT2D eigenvalue weighted by molar-refractivity contribution is 5.73. The van der Waals surface area contributed by atoms with Gasteiger partial charge in [-0.2, -0.15) is 0 Å². The van der Waals surface area contributed by atoms with Gasteiger partial charge in [0.15, 0.2) is 11.5 Å². The number of ether oxygens (including phenoxy) is 3. The second kappa shape index (κ2) is 4.02. The van der Waals surface area contributed by atoms with E-state index in [9.17, 15) is 0 Å². The Morgan fingerprint density at radius 3 is 2.24 bits per heavy atom. The molecule has 0 fully saturated rings. The minimum atomic E-state index is 0.0280. The summed E-state index contributed by atoms with van der Waals surface area (Å²) in [6, 6.07) is 1.96. The Hall–Kier alpha value is -1.58. The predicted octanol–water partition coefficient (Wildman–Crippen LogP) is 2.42. The van der Waals surface area contributed by atoms with Crippen LogP contribution in [0.5, 0.6) is 17.2 Å². The van der Waals surface area contributed by atoms with Crippen molar-refractivity contribution in [3.05, 3.63) is 11.6 Å². The zero-order valence-corrected chi connectivity index (χ0v) is 11.0. The highest BCUT2D eigenvalue weighted by atomic mass is 16.5. The molecule has 0 radical (unpaired) electrons. The Labute approximate surface area is 102 Å². The van der Waals surface area contributed by atoms with Gasteiger partial charge in [-0.15, -0.1) is 0 Å². The van der Waals surface area contributed by atoms with Gasteiger partial charge in [-0.05, 0) is 0 Å². The molecular weight excluding hydrogens is 218 g/mol. The first-order valence-electron chi connectivity index (χ1n) is 5.62. The average molecular weight is 237 g/mol. The van der Waals surface area contributed by atoms with Crippen LogP contribution in [0, 0.1) is 0 Å². The van der Waals surface area contributed by atoms with Crippen LogP contribution in [-0.2, 0) is 5.41 Å². The van der Waals surface area contributed by atoms with E-state index in [2.05, 4.69) is 19.2 Å². The zero-order chi connectivity index (χ0) is 12.6. The summed E-state index contributed by atoms with van der Waals surface area (Å²) in [6.45, 7) is 5.25. The number of benzene rings is 1. The molecule has 0 bridgehead atoms. The molecule has 17 heavy (non-hydrogen) atoms. The smallest absolute Gasteiger partial charge is 0.203 e. The van der Waals surface area contributed by atoms with Gasteiger partial charge in [0.1, 0.15) is 0 Å². The van der Waals surface area contributed by atoms with Crippen molar-refractivity contribution in [2.24, 2.45) is 0 Å². The summed E-state index contributed by atoms with van der Waals surface area (Å²) in [5, 5.41) is 3.38. The largest absolute Gasteiger partial charge is 0.493 e. The van der Waals surface area contributed by atoms with Gasteiger partial charge < -0.3 is 19.5 Å². The fourth-order valence-corrected chi connectivity index (χ4v) is 2.37. The molecule has 1 heterocycles. The van der Waals surface area contributed by atoms with E-state index in [1.54, 1.807) is 21.3 Å². The molecular formula is C13H19NO3. The van der Waals surface area contributed by atoms with E-state index < -0.39 is 0 Å². The zero-order valence-electron chi connectivity index (χ0n) is 11.0. The monoisotopic (exact) mass is 237 g/mol. The van der Waals surface area contributed by atoms with Crippen LogP contribution in [0.25, 0.3) is 0 Å². The van der Waals surface area contributed by atoms with Gasteiger partial charge in [0.2, 0.25) is 5.75 Å². The molecule has 0 spiro atoms. The van der Waals surface area contributed by atoms with Crippen molar-refractivity contribution < 1.29 is 14.2 Å². The Morgan fingerprint density at radius 1 is 1.06 bits per heavy atom. The molecule has 1 aliphatic rings. The van der Waals surface area contributed by atoms with E-state index >= 15 is 0 Å². The van der Waals surface area contributed by atoms with Crippen LogP contribution in [-0.4, -0.2) is 27.9 Å². The molecule has 1 aliphatic heterocycles. The van der Waals surface area contributed by atoms with Crippen LogP contribution in [0.2, 0.25) is 0 Å². The summed E-state index contributed by atoms with van der Waals surface area (Å²) in [5.41, 5.74) is 2.24. The quantitative estimate of drug-likeness (QED) is 0.876. The molecule has 1 aromatic carbocycles. The number of hydrogen-bond acceptors (Lipinski definition) is 4. The van der Waals surface area contributed by atoms with Gasteiger partial charge in [0.05, 0.1) is 21.3 Å². The van der Waals surface area contributed by atoms with Gasteiger partial charge in [0, 0.05) is 29.3 Å². The first-order valence-corrected chi connectivity index (χ1v) is 5.62. The van der Waals surface area contributed by atoms with Crippen molar-refractivity contribution in [3.63, 3.8) is 0 Å². The Kier molecular flexibility index (Phi) is 2.81. The molecule has 0 aromatic heterocycles. The van der Waals surface area contributed by atoms with Crippen LogP contribution in [0.1, 0.15) is 19.4 Å². The van der Waals surface area contributed by atoms with Crippen molar-refractivity contribution in [3.8, 4) is 17.2 Å². The third-order valence-electron chi connectivity index (χ3n) is 3.23. The molecule has 4 heteroatoms. The molecule has 4 nitrogen and oxygen atoms in total. The van der Waals surface area contributed by atoms with Crippen LogP contribution < -0.4 is 19.5 Å². The van der Waals surface area contributed by atoms with Crippen LogP contribution in [0.15, 0.2) is 6.07 Å². The molecule has 1 N–H and O–H groups in total. The second-order valence-electron chi connectivity index (χ2n) is 4.81. The molecule has 0 saturated heterocycles. The maximum atomic E-state index is 5.51. The SMILES string of the molecule is COc1cc2c(c(OC)c1OC)C(C)(C)CN2. The number of methoxy groups -OCH3 is 3. The number of nitrogens with one attached hydrogen (secondary N) is 1. The standard InChI is InChI=1S/C13H19NO3/c1-13(2)7-14-8-6-9(15-3)11(16-4)12(17-5)10(8)13/h6,14H,7H2,1-5H3. The lowest BCUT2D eigenvalue weighted by atomic mass is 9.86. The average Bonchev–Trinajstić information content (AvgIpc) is 2.62. The molecule has 94 valence electrons. The van der Waals surface area contributed by atoms with Gasteiger partial charge >= 0.3 is 0 Å². The Morgan fingerprint density at radius 2 is 1.71 bits per heavy atom. The summed E-state index contributed by atoms with van der Waals surface area (Å²) in [4.78, 5) is 0. The fourth-order valence-electron chi connectivity index (χ4n) is 2.37. The second-order valence-corrected chi connectivity index (χ2v) is 4.81. The number of fused-ring (bicyclic) bond motifs is 1. The molecule has 0 saturated carbocycles. The summed E-state index contributed by atoms with van der Waals surface area (Å²) in [6.07, 6.45) is 0. The van der Waals surface area contributed by atoms with E-state index in [4.69, 9.17) is 14.2 Å². The van der Waals surface area contributed by atoms with Gasteiger partial charge in [-0.3, -0.25) is 0 Å². The normalized spacial score (nSPS) is 16.1. The number of hydrogen-bond donors (Lipinski definition) is 1.